The largest absolute Gasteiger partial charge is 0.433 e. The summed E-state index contributed by atoms with van der Waals surface area (Å²) in [6, 6.07) is 4.48. The number of aliphatic hydroxyl groups is 1. The van der Waals surface area contributed by atoms with E-state index in [0.29, 0.717) is 6.42 Å². The molecule has 0 heterocycles. The van der Waals surface area contributed by atoms with Crippen molar-refractivity contribution in [2.24, 2.45) is 0 Å². The highest BCUT2D eigenvalue weighted by molar-refractivity contribution is 6.32. The third-order valence-electron chi connectivity index (χ3n) is 1.85. The Balaban J connectivity index is 2.83. The zero-order valence-electron chi connectivity index (χ0n) is 9.01. The van der Waals surface area contributed by atoms with E-state index in [1.165, 1.54) is 12.1 Å². The van der Waals surface area contributed by atoms with E-state index >= 15 is 0 Å². The van der Waals surface area contributed by atoms with E-state index in [2.05, 4.69) is 4.74 Å². The third kappa shape index (κ3) is 4.33. The first kappa shape index (κ1) is 13.2. The van der Waals surface area contributed by atoms with Gasteiger partial charge in [-0.3, -0.25) is 0 Å². The SMILES string of the molecule is CC(C)(O)Cc1ccc(OC(F)F)c(Cl)c1. The summed E-state index contributed by atoms with van der Waals surface area (Å²) >= 11 is 5.76. The van der Waals surface area contributed by atoms with Gasteiger partial charge < -0.3 is 9.84 Å². The van der Waals surface area contributed by atoms with Gasteiger partial charge in [-0.05, 0) is 31.5 Å². The number of hydrogen-bond acceptors (Lipinski definition) is 2. The van der Waals surface area contributed by atoms with Crippen molar-refractivity contribution in [2.45, 2.75) is 32.5 Å². The number of benzene rings is 1. The van der Waals surface area contributed by atoms with Gasteiger partial charge in [0.2, 0.25) is 0 Å². The Bertz CT molecular complexity index is 361. The molecule has 0 aromatic heterocycles. The van der Waals surface area contributed by atoms with E-state index in [1.807, 2.05) is 0 Å². The molecule has 5 heteroatoms. The Labute approximate surface area is 97.8 Å². The predicted molar refractivity (Wildman–Crippen MR) is 58.1 cm³/mol. The van der Waals surface area contributed by atoms with E-state index in [4.69, 9.17) is 11.6 Å². The third-order valence-corrected chi connectivity index (χ3v) is 2.14. The second kappa shape index (κ2) is 4.97. The van der Waals surface area contributed by atoms with Crippen molar-refractivity contribution in [1.82, 2.24) is 0 Å². The molecule has 16 heavy (non-hydrogen) atoms. The van der Waals surface area contributed by atoms with Crippen molar-refractivity contribution in [3.05, 3.63) is 28.8 Å². The highest BCUT2D eigenvalue weighted by Crippen LogP contribution is 2.28. The van der Waals surface area contributed by atoms with Crippen LogP contribution in [-0.2, 0) is 6.42 Å². The lowest BCUT2D eigenvalue weighted by Gasteiger charge is -2.17. The molecule has 1 aromatic rings. The summed E-state index contributed by atoms with van der Waals surface area (Å²) in [6.45, 7) is 0.423. The molecular weight excluding hydrogens is 238 g/mol. The monoisotopic (exact) mass is 250 g/mol. The maximum absolute atomic E-state index is 12.0. The molecule has 1 rings (SSSR count). The van der Waals surface area contributed by atoms with Crippen LogP contribution in [0.1, 0.15) is 19.4 Å². The highest BCUT2D eigenvalue weighted by atomic mass is 35.5. The van der Waals surface area contributed by atoms with Gasteiger partial charge in [-0.15, -0.1) is 0 Å². The summed E-state index contributed by atoms with van der Waals surface area (Å²) in [6.07, 6.45) is 0.391. The van der Waals surface area contributed by atoms with Gasteiger partial charge in [0.25, 0.3) is 0 Å². The molecular formula is C11H13ClF2O2. The van der Waals surface area contributed by atoms with Crippen molar-refractivity contribution in [2.75, 3.05) is 0 Å². The van der Waals surface area contributed by atoms with Crippen LogP contribution in [0.2, 0.25) is 5.02 Å². The molecule has 0 unspecified atom stereocenters. The van der Waals surface area contributed by atoms with Gasteiger partial charge in [0.15, 0.2) is 0 Å². The second-order valence-electron chi connectivity index (χ2n) is 4.13. The Morgan fingerprint density at radius 3 is 2.50 bits per heavy atom. The van der Waals surface area contributed by atoms with Crippen molar-refractivity contribution in [3.63, 3.8) is 0 Å². The zero-order valence-corrected chi connectivity index (χ0v) is 9.76. The molecule has 0 saturated carbocycles. The van der Waals surface area contributed by atoms with Crippen LogP contribution in [-0.4, -0.2) is 17.3 Å². The molecule has 0 saturated heterocycles. The molecule has 1 aromatic carbocycles. The van der Waals surface area contributed by atoms with Gasteiger partial charge in [-0.1, -0.05) is 17.7 Å². The van der Waals surface area contributed by atoms with Crippen LogP contribution in [0, 0.1) is 0 Å². The van der Waals surface area contributed by atoms with Crippen LogP contribution in [0.25, 0.3) is 0 Å². The number of halogens is 3. The maximum Gasteiger partial charge on any atom is 0.387 e. The predicted octanol–water partition coefficient (Wildman–Crippen LogP) is 3.25. The van der Waals surface area contributed by atoms with E-state index in [0.717, 1.165) is 5.56 Å². The number of alkyl halides is 2. The van der Waals surface area contributed by atoms with Gasteiger partial charge in [0, 0.05) is 6.42 Å². The molecule has 0 spiro atoms. The lowest BCUT2D eigenvalue weighted by Crippen LogP contribution is -2.21. The normalized spacial score (nSPS) is 11.9. The first-order valence-corrected chi connectivity index (χ1v) is 5.11. The molecule has 0 radical (unpaired) electrons. The molecule has 0 aliphatic heterocycles. The van der Waals surface area contributed by atoms with E-state index in [1.54, 1.807) is 19.9 Å². The lowest BCUT2D eigenvalue weighted by molar-refractivity contribution is -0.0498. The highest BCUT2D eigenvalue weighted by Gasteiger charge is 2.15. The Hall–Kier alpha value is -0.870. The quantitative estimate of drug-likeness (QED) is 0.889. The van der Waals surface area contributed by atoms with Crippen molar-refractivity contribution < 1.29 is 18.6 Å². The Morgan fingerprint density at radius 2 is 2.06 bits per heavy atom. The van der Waals surface area contributed by atoms with Crippen LogP contribution in [0.3, 0.4) is 0 Å². The molecule has 0 aliphatic rings. The molecule has 0 atom stereocenters. The average molecular weight is 251 g/mol. The first-order valence-electron chi connectivity index (χ1n) is 4.73. The molecule has 0 aliphatic carbocycles. The topological polar surface area (TPSA) is 29.5 Å². The fourth-order valence-electron chi connectivity index (χ4n) is 1.35. The van der Waals surface area contributed by atoms with Crippen LogP contribution in [0.5, 0.6) is 5.75 Å². The second-order valence-corrected chi connectivity index (χ2v) is 4.54. The number of rotatable bonds is 4. The molecule has 90 valence electrons. The van der Waals surface area contributed by atoms with Crippen LogP contribution in [0.15, 0.2) is 18.2 Å². The minimum atomic E-state index is -2.89. The van der Waals surface area contributed by atoms with Crippen molar-refractivity contribution in [1.29, 1.82) is 0 Å². The van der Waals surface area contributed by atoms with Gasteiger partial charge in [0.05, 0.1) is 10.6 Å². The number of ether oxygens (including phenoxy) is 1. The van der Waals surface area contributed by atoms with E-state index in [-0.39, 0.29) is 10.8 Å². The van der Waals surface area contributed by atoms with Crippen LogP contribution >= 0.6 is 11.6 Å². The first-order chi connectivity index (χ1) is 7.28. The fraction of sp³-hybridized carbons (Fsp3) is 0.455. The Morgan fingerprint density at radius 1 is 1.44 bits per heavy atom. The van der Waals surface area contributed by atoms with E-state index in [9.17, 15) is 13.9 Å². The van der Waals surface area contributed by atoms with E-state index < -0.39 is 12.2 Å². The molecule has 0 bridgehead atoms. The van der Waals surface area contributed by atoms with Crippen molar-refractivity contribution >= 4 is 11.6 Å². The van der Waals surface area contributed by atoms with Crippen LogP contribution in [0.4, 0.5) is 8.78 Å². The smallest absolute Gasteiger partial charge is 0.387 e. The maximum atomic E-state index is 12.0. The zero-order chi connectivity index (χ0) is 12.3. The molecule has 0 amide bonds. The summed E-state index contributed by atoms with van der Waals surface area (Å²) in [5.74, 6) is -0.0591. The standard InChI is InChI=1S/C11H13ClF2O2/c1-11(2,15)6-7-3-4-9(8(12)5-7)16-10(13)14/h3-5,10,15H,6H2,1-2H3. The summed E-state index contributed by atoms with van der Waals surface area (Å²) in [7, 11) is 0. The van der Waals surface area contributed by atoms with Gasteiger partial charge in [0.1, 0.15) is 5.75 Å². The van der Waals surface area contributed by atoms with Crippen LogP contribution < -0.4 is 4.74 Å². The molecule has 0 fully saturated rings. The summed E-state index contributed by atoms with van der Waals surface area (Å²) < 4.78 is 28.1. The summed E-state index contributed by atoms with van der Waals surface area (Å²) in [5.41, 5.74) is -0.104. The molecule has 1 N–H and O–H groups in total. The fourth-order valence-corrected chi connectivity index (χ4v) is 1.59. The van der Waals surface area contributed by atoms with Gasteiger partial charge in [-0.2, -0.15) is 8.78 Å². The minimum Gasteiger partial charge on any atom is -0.433 e. The minimum absolute atomic E-state index is 0.0591. The number of hydrogen-bond donors (Lipinski definition) is 1. The average Bonchev–Trinajstić information content (AvgIpc) is 2.06. The van der Waals surface area contributed by atoms with Crippen molar-refractivity contribution in [3.8, 4) is 5.75 Å². The lowest BCUT2D eigenvalue weighted by atomic mass is 9.99. The molecule has 2 nitrogen and oxygen atoms in total. The summed E-state index contributed by atoms with van der Waals surface area (Å²) in [4.78, 5) is 0. The van der Waals surface area contributed by atoms with Gasteiger partial charge >= 0.3 is 6.61 Å². The summed E-state index contributed by atoms with van der Waals surface area (Å²) in [5, 5.41) is 9.70. The Kier molecular flexibility index (Phi) is 4.10. The van der Waals surface area contributed by atoms with Gasteiger partial charge in [-0.25, -0.2) is 0 Å².